The van der Waals surface area contributed by atoms with E-state index >= 15 is 0 Å². The summed E-state index contributed by atoms with van der Waals surface area (Å²) in [6, 6.07) is 0. The summed E-state index contributed by atoms with van der Waals surface area (Å²) < 4.78 is 0. The quantitative estimate of drug-likeness (QED) is 0.415. The van der Waals surface area contributed by atoms with Crippen LogP contribution in [0.15, 0.2) is 0 Å². The Kier molecular flexibility index (Phi) is 3.36. The molecule has 0 aromatic heterocycles. The van der Waals surface area contributed by atoms with Gasteiger partial charge < -0.3 is 11.1 Å². The maximum absolute atomic E-state index is 7.08. The van der Waals surface area contributed by atoms with Crippen LogP contribution in [0.1, 0.15) is 25.7 Å². The Hall–Kier alpha value is -0.570. The molecule has 3 nitrogen and oxygen atoms in total. The lowest BCUT2D eigenvalue weighted by molar-refractivity contribution is 0.358. The monoisotopic (exact) mass is 155 g/mol. The Balaban J connectivity index is 2.09. The highest BCUT2D eigenvalue weighted by Gasteiger charge is 2.12. The fraction of sp³-hybridized carbons (Fsp3) is 0.875. The lowest BCUT2D eigenvalue weighted by Gasteiger charge is -2.21. The van der Waals surface area contributed by atoms with Gasteiger partial charge in [0.25, 0.3) is 0 Å². The first-order valence-electron chi connectivity index (χ1n) is 4.32. The van der Waals surface area contributed by atoms with E-state index in [-0.39, 0.29) is 0 Å². The molecule has 4 N–H and O–H groups in total. The van der Waals surface area contributed by atoms with E-state index in [1.807, 2.05) is 0 Å². The molecule has 0 aliphatic carbocycles. The minimum absolute atomic E-state index is 0.337. The molecule has 0 atom stereocenters. The first kappa shape index (κ1) is 8.53. The van der Waals surface area contributed by atoms with Crippen molar-refractivity contribution >= 4 is 5.84 Å². The maximum Gasteiger partial charge on any atom is 0.0905 e. The van der Waals surface area contributed by atoms with Crippen molar-refractivity contribution in [2.24, 2.45) is 11.7 Å². The van der Waals surface area contributed by atoms with E-state index in [1.165, 1.54) is 12.8 Å². The highest BCUT2D eigenvalue weighted by molar-refractivity contribution is 5.76. The summed E-state index contributed by atoms with van der Waals surface area (Å²) in [7, 11) is 0. The Morgan fingerprint density at radius 1 is 1.45 bits per heavy atom. The van der Waals surface area contributed by atoms with Crippen LogP contribution >= 0.6 is 0 Å². The first-order chi connectivity index (χ1) is 5.29. The number of hydrogen-bond acceptors (Lipinski definition) is 2. The van der Waals surface area contributed by atoms with Crippen molar-refractivity contribution in [3.8, 4) is 0 Å². The van der Waals surface area contributed by atoms with E-state index in [0.717, 1.165) is 31.8 Å². The normalized spacial score (nSPS) is 20.0. The van der Waals surface area contributed by atoms with E-state index in [4.69, 9.17) is 11.1 Å². The Labute approximate surface area is 67.9 Å². The Morgan fingerprint density at radius 2 is 2.09 bits per heavy atom. The van der Waals surface area contributed by atoms with E-state index in [9.17, 15) is 0 Å². The Bertz CT molecular complexity index is 127. The molecule has 0 aromatic rings. The fourth-order valence-corrected chi connectivity index (χ4v) is 1.53. The average molecular weight is 155 g/mol. The smallest absolute Gasteiger partial charge is 0.0905 e. The number of hydrogen-bond donors (Lipinski definition) is 3. The molecule has 0 spiro atoms. The van der Waals surface area contributed by atoms with Gasteiger partial charge in [0.2, 0.25) is 0 Å². The second-order valence-electron chi connectivity index (χ2n) is 3.26. The van der Waals surface area contributed by atoms with Crippen LogP contribution in [0.5, 0.6) is 0 Å². The number of nitrogens with two attached hydrogens (primary N) is 1. The molecule has 1 saturated heterocycles. The maximum atomic E-state index is 7.08. The standard InChI is InChI=1S/C8H17N3/c9-8(10)2-1-7-3-5-11-6-4-7/h7,11H,1-6H2,(H3,9,10). The molecule has 0 amide bonds. The lowest BCUT2D eigenvalue weighted by atomic mass is 9.93. The molecule has 0 unspecified atom stereocenters. The predicted molar refractivity (Wildman–Crippen MR) is 46.7 cm³/mol. The van der Waals surface area contributed by atoms with Crippen molar-refractivity contribution in [2.75, 3.05) is 13.1 Å². The summed E-state index contributed by atoms with van der Waals surface area (Å²) in [5, 5.41) is 10.4. The summed E-state index contributed by atoms with van der Waals surface area (Å²) in [6.45, 7) is 2.28. The van der Waals surface area contributed by atoms with Gasteiger partial charge in [-0.1, -0.05) is 0 Å². The van der Waals surface area contributed by atoms with E-state index < -0.39 is 0 Å². The first-order valence-corrected chi connectivity index (χ1v) is 4.32. The average Bonchev–Trinajstić information content (AvgIpc) is 2.03. The molecule has 0 saturated carbocycles. The molecular weight excluding hydrogens is 138 g/mol. The molecule has 1 fully saturated rings. The second-order valence-corrected chi connectivity index (χ2v) is 3.26. The van der Waals surface area contributed by atoms with Gasteiger partial charge in [0.15, 0.2) is 0 Å². The van der Waals surface area contributed by atoms with Gasteiger partial charge in [0.05, 0.1) is 5.84 Å². The Morgan fingerprint density at radius 3 is 2.64 bits per heavy atom. The number of amidine groups is 1. The third kappa shape index (κ3) is 3.37. The molecule has 3 heteroatoms. The van der Waals surface area contributed by atoms with Crippen molar-refractivity contribution in [3.63, 3.8) is 0 Å². The third-order valence-corrected chi connectivity index (χ3v) is 2.28. The van der Waals surface area contributed by atoms with E-state index in [1.54, 1.807) is 0 Å². The minimum Gasteiger partial charge on any atom is -0.388 e. The van der Waals surface area contributed by atoms with Crippen molar-refractivity contribution in [1.29, 1.82) is 5.41 Å². The molecule has 0 bridgehead atoms. The summed E-state index contributed by atoms with van der Waals surface area (Å²) in [5.41, 5.74) is 5.28. The van der Waals surface area contributed by atoms with Gasteiger partial charge >= 0.3 is 0 Å². The summed E-state index contributed by atoms with van der Waals surface area (Å²) >= 11 is 0. The zero-order valence-corrected chi connectivity index (χ0v) is 6.90. The van der Waals surface area contributed by atoms with Crippen LogP contribution < -0.4 is 11.1 Å². The zero-order valence-electron chi connectivity index (χ0n) is 6.90. The van der Waals surface area contributed by atoms with Crippen molar-refractivity contribution in [3.05, 3.63) is 0 Å². The second kappa shape index (κ2) is 4.34. The van der Waals surface area contributed by atoms with Crippen LogP contribution in [0, 0.1) is 11.3 Å². The molecule has 0 radical (unpaired) electrons. The van der Waals surface area contributed by atoms with E-state index in [2.05, 4.69) is 5.32 Å². The van der Waals surface area contributed by atoms with Crippen LogP contribution in [-0.2, 0) is 0 Å². The molecule has 1 heterocycles. The van der Waals surface area contributed by atoms with Crippen LogP contribution in [0.25, 0.3) is 0 Å². The fourth-order valence-electron chi connectivity index (χ4n) is 1.53. The van der Waals surface area contributed by atoms with Crippen molar-refractivity contribution in [1.82, 2.24) is 5.32 Å². The van der Waals surface area contributed by atoms with Gasteiger partial charge in [-0.25, -0.2) is 0 Å². The molecule has 1 rings (SSSR count). The van der Waals surface area contributed by atoms with Gasteiger partial charge in [0.1, 0.15) is 0 Å². The highest BCUT2D eigenvalue weighted by atomic mass is 14.9. The van der Waals surface area contributed by atoms with Gasteiger partial charge in [0, 0.05) is 6.42 Å². The van der Waals surface area contributed by atoms with Gasteiger partial charge in [-0.15, -0.1) is 0 Å². The van der Waals surface area contributed by atoms with E-state index in [0.29, 0.717) is 5.84 Å². The number of rotatable bonds is 3. The zero-order chi connectivity index (χ0) is 8.10. The molecule has 0 aromatic carbocycles. The predicted octanol–water partition coefficient (Wildman–Crippen LogP) is 0.702. The van der Waals surface area contributed by atoms with Gasteiger partial charge in [-0.05, 0) is 38.3 Å². The third-order valence-electron chi connectivity index (χ3n) is 2.28. The van der Waals surface area contributed by atoms with Crippen molar-refractivity contribution in [2.45, 2.75) is 25.7 Å². The van der Waals surface area contributed by atoms with Crippen LogP contribution in [-0.4, -0.2) is 18.9 Å². The summed E-state index contributed by atoms with van der Waals surface area (Å²) in [6.07, 6.45) is 4.40. The van der Waals surface area contributed by atoms with Gasteiger partial charge in [-0.3, -0.25) is 5.41 Å². The number of nitrogens with one attached hydrogen (secondary N) is 2. The summed E-state index contributed by atoms with van der Waals surface area (Å²) in [4.78, 5) is 0. The minimum atomic E-state index is 0.337. The van der Waals surface area contributed by atoms with Crippen LogP contribution in [0.3, 0.4) is 0 Å². The lowest BCUT2D eigenvalue weighted by Crippen LogP contribution is -2.28. The molecule has 11 heavy (non-hydrogen) atoms. The SMILES string of the molecule is N=C(N)CCC1CCNCC1. The van der Waals surface area contributed by atoms with Crippen LogP contribution in [0.4, 0.5) is 0 Å². The largest absolute Gasteiger partial charge is 0.388 e. The van der Waals surface area contributed by atoms with Crippen LogP contribution in [0.2, 0.25) is 0 Å². The molecule has 1 aliphatic rings. The molecule has 1 aliphatic heterocycles. The molecular formula is C8H17N3. The topological polar surface area (TPSA) is 61.9 Å². The highest BCUT2D eigenvalue weighted by Crippen LogP contribution is 2.16. The molecule has 64 valence electrons. The summed E-state index contributed by atoms with van der Waals surface area (Å²) in [5.74, 6) is 1.14. The van der Waals surface area contributed by atoms with Crippen molar-refractivity contribution < 1.29 is 0 Å². The number of piperidine rings is 1. The van der Waals surface area contributed by atoms with Gasteiger partial charge in [-0.2, -0.15) is 0 Å².